The van der Waals surface area contributed by atoms with E-state index in [1.165, 1.54) is 12.1 Å². The van der Waals surface area contributed by atoms with Crippen LogP contribution in [0.4, 0.5) is 11.5 Å². The van der Waals surface area contributed by atoms with Gasteiger partial charge in [0.1, 0.15) is 5.82 Å². The third kappa shape index (κ3) is 6.23. The molecule has 0 aliphatic rings. The van der Waals surface area contributed by atoms with Crippen molar-refractivity contribution < 1.29 is 4.92 Å². The van der Waals surface area contributed by atoms with Crippen LogP contribution in [0.3, 0.4) is 0 Å². The van der Waals surface area contributed by atoms with Crippen LogP contribution < -0.4 is 5.32 Å². The lowest BCUT2D eigenvalue weighted by Gasteiger charge is -2.18. The highest BCUT2D eigenvalue weighted by molar-refractivity contribution is 6.31. The monoisotopic (exact) mass is 439 g/mol. The summed E-state index contributed by atoms with van der Waals surface area (Å²) >= 11 is 6.20. The highest BCUT2D eigenvalue weighted by atomic mass is 35.5. The second-order valence-electron chi connectivity index (χ2n) is 7.08. The summed E-state index contributed by atoms with van der Waals surface area (Å²) in [6, 6.07) is 11.9. The van der Waals surface area contributed by atoms with E-state index in [9.17, 15) is 10.1 Å². The van der Waals surface area contributed by atoms with Crippen molar-refractivity contribution in [2.24, 2.45) is 0 Å². The van der Waals surface area contributed by atoms with Gasteiger partial charge in [0.25, 0.3) is 5.69 Å². The van der Waals surface area contributed by atoms with E-state index in [4.69, 9.17) is 11.6 Å². The van der Waals surface area contributed by atoms with Crippen molar-refractivity contribution in [2.45, 2.75) is 20.3 Å². The molecule has 0 fully saturated rings. The van der Waals surface area contributed by atoms with Crippen LogP contribution in [0.2, 0.25) is 5.02 Å². The normalized spacial score (nSPS) is 11.5. The predicted molar refractivity (Wildman–Crippen MR) is 127 cm³/mol. The molecule has 2 aromatic carbocycles. The average Bonchev–Trinajstić information content (AvgIpc) is 2.78. The topological polar surface area (TPSA) is 84.2 Å². The third-order valence-corrected chi connectivity index (χ3v) is 5.28. The van der Waals surface area contributed by atoms with Gasteiger partial charge in [-0.25, -0.2) is 9.97 Å². The summed E-state index contributed by atoms with van der Waals surface area (Å²) in [5.41, 5.74) is 1.69. The van der Waals surface area contributed by atoms with Gasteiger partial charge in [0.2, 0.25) is 0 Å². The van der Waals surface area contributed by atoms with Crippen molar-refractivity contribution >= 4 is 46.2 Å². The summed E-state index contributed by atoms with van der Waals surface area (Å²) in [4.78, 5) is 22.1. The molecule has 7 nitrogen and oxygen atoms in total. The molecule has 0 saturated heterocycles. The van der Waals surface area contributed by atoms with E-state index >= 15 is 0 Å². The van der Waals surface area contributed by atoms with Crippen LogP contribution in [0.5, 0.6) is 0 Å². The molecule has 0 aliphatic heterocycles. The van der Waals surface area contributed by atoms with Crippen molar-refractivity contribution in [1.29, 1.82) is 0 Å². The Bertz CT molecular complexity index is 1070. The Balaban J connectivity index is 1.80. The van der Waals surface area contributed by atoms with Crippen LogP contribution in [0.1, 0.15) is 31.7 Å². The number of hydrogen-bond acceptors (Lipinski definition) is 6. The average molecular weight is 440 g/mol. The number of hydrogen-bond donors (Lipinski definition) is 1. The Morgan fingerprint density at radius 2 is 1.84 bits per heavy atom. The van der Waals surface area contributed by atoms with E-state index in [0.29, 0.717) is 10.8 Å². The number of nitro benzene ring substituents is 1. The molecule has 3 aromatic rings. The number of anilines is 1. The minimum Gasteiger partial charge on any atom is -0.369 e. The highest BCUT2D eigenvalue weighted by Crippen LogP contribution is 2.25. The molecule has 0 amide bonds. The smallest absolute Gasteiger partial charge is 0.269 e. The summed E-state index contributed by atoms with van der Waals surface area (Å²) < 4.78 is 0. The standard InChI is InChI=1S/C23H26ClN5O2/c1-3-28(4-2)15-5-14-25-23-20-16-18(24)9-12-21(20)26-22(27-23)13-8-17-6-10-19(11-7-17)29(30)31/h6-13,16H,3-5,14-15H2,1-2H3,(H,25,26,27)/b13-8+. The molecule has 0 unspecified atom stereocenters. The summed E-state index contributed by atoms with van der Waals surface area (Å²) in [6.07, 6.45) is 4.64. The summed E-state index contributed by atoms with van der Waals surface area (Å²) in [5.74, 6) is 1.30. The fraction of sp³-hybridized carbons (Fsp3) is 0.304. The lowest BCUT2D eigenvalue weighted by Crippen LogP contribution is -2.25. The lowest BCUT2D eigenvalue weighted by atomic mass is 10.2. The number of aromatic nitrogens is 2. The molecule has 0 atom stereocenters. The quantitative estimate of drug-likeness (QED) is 0.255. The van der Waals surface area contributed by atoms with Gasteiger partial charge in [-0.1, -0.05) is 31.5 Å². The number of nitrogens with one attached hydrogen (secondary N) is 1. The zero-order valence-corrected chi connectivity index (χ0v) is 18.5. The van der Waals surface area contributed by atoms with Gasteiger partial charge in [0.05, 0.1) is 10.4 Å². The molecular weight excluding hydrogens is 414 g/mol. The van der Waals surface area contributed by atoms with Gasteiger partial charge < -0.3 is 10.2 Å². The van der Waals surface area contributed by atoms with Gasteiger partial charge in [-0.3, -0.25) is 10.1 Å². The number of benzene rings is 2. The van der Waals surface area contributed by atoms with Crippen LogP contribution in [0, 0.1) is 10.1 Å². The van der Waals surface area contributed by atoms with Gasteiger partial charge in [-0.15, -0.1) is 0 Å². The molecule has 0 saturated carbocycles. The fourth-order valence-corrected chi connectivity index (χ4v) is 3.43. The number of rotatable bonds is 10. The first-order chi connectivity index (χ1) is 15.0. The fourth-order valence-electron chi connectivity index (χ4n) is 3.26. The van der Waals surface area contributed by atoms with Gasteiger partial charge in [0, 0.05) is 29.1 Å². The predicted octanol–water partition coefficient (Wildman–Crippen LogP) is 5.51. The van der Waals surface area contributed by atoms with Gasteiger partial charge >= 0.3 is 0 Å². The maximum absolute atomic E-state index is 10.8. The van der Waals surface area contributed by atoms with Gasteiger partial charge in [0.15, 0.2) is 5.82 Å². The highest BCUT2D eigenvalue weighted by Gasteiger charge is 2.08. The maximum atomic E-state index is 10.8. The molecule has 162 valence electrons. The molecule has 3 rings (SSSR count). The number of nitrogens with zero attached hydrogens (tertiary/aromatic N) is 4. The Kier molecular flexibility index (Phi) is 7.92. The SMILES string of the molecule is CCN(CC)CCCNc1nc(/C=C/c2ccc([N+](=O)[O-])cc2)nc2ccc(Cl)cc12. The summed E-state index contributed by atoms with van der Waals surface area (Å²) in [5, 5.41) is 15.8. The van der Waals surface area contributed by atoms with Crippen LogP contribution >= 0.6 is 11.6 Å². The molecule has 31 heavy (non-hydrogen) atoms. The first kappa shape index (κ1) is 22.7. The number of fused-ring (bicyclic) bond motifs is 1. The van der Waals surface area contributed by atoms with Crippen molar-refractivity contribution in [3.8, 4) is 0 Å². The van der Waals surface area contributed by atoms with Gasteiger partial charge in [-0.05, 0) is 68.0 Å². The Hall–Kier alpha value is -3.03. The molecular formula is C23H26ClN5O2. The molecule has 1 heterocycles. The Morgan fingerprint density at radius 1 is 1.10 bits per heavy atom. The minimum absolute atomic E-state index is 0.0622. The van der Waals surface area contributed by atoms with Crippen molar-refractivity contribution in [2.75, 3.05) is 31.5 Å². The van der Waals surface area contributed by atoms with E-state index in [2.05, 4.69) is 34.0 Å². The minimum atomic E-state index is -0.413. The van der Waals surface area contributed by atoms with Crippen LogP contribution in [0.15, 0.2) is 42.5 Å². The van der Waals surface area contributed by atoms with E-state index < -0.39 is 4.92 Å². The molecule has 0 bridgehead atoms. The molecule has 0 radical (unpaired) electrons. The van der Waals surface area contributed by atoms with E-state index in [0.717, 1.165) is 54.9 Å². The largest absolute Gasteiger partial charge is 0.369 e. The van der Waals surface area contributed by atoms with Crippen LogP contribution in [0.25, 0.3) is 23.1 Å². The number of nitro groups is 1. The Labute approximate surface area is 186 Å². The van der Waals surface area contributed by atoms with Crippen molar-refractivity contribution in [1.82, 2.24) is 14.9 Å². The second kappa shape index (κ2) is 10.8. The molecule has 0 spiro atoms. The van der Waals surface area contributed by atoms with Crippen molar-refractivity contribution in [3.05, 3.63) is 69.0 Å². The number of non-ortho nitro benzene ring substituents is 1. The number of halogens is 1. The first-order valence-electron chi connectivity index (χ1n) is 10.4. The maximum Gasteiger partial charge on any atom is 0.269 e. The lowest BCUT2D eigenvalue weighted by molar-refractivity contribution is -0.384. The summed E-state index contributed by atoms with van der Waals surface area (Å²) in [6.45, 7) is 8.23. The van der Waals surface area contributed by atoms with Crippen LogP contribution in [-0.2, 0) is 0 Å². The van der Waals surface area contributed by atoms with Crippen LogP contribution in [-0.4, -0.2) is 46.0 Å². The molecule has 1 N–H and O–H groups in total. The Morgan fingerprint density at radius 3 is 2.52 bits per heavy atom. The zero-order chi connectivity index (χ0) is 22.2. The first-order valence-corrected chi connectivity index (χ1v) is 10.7. The van der Waals surface area contributed by atoms with Crippen molar-refractivity contribution in [3.63, 3.8) is 0 Å². The third-order valence-electron chi connectivity index (χ3n) is 5.04. The summed E-state index contributed by atoms with van der Waals surface area (Å²) in [7, 11) is 0. The zero-order valence-electron chi connectivity index (χ0n) is 17.7. The molecule has 1 aromatic heterocycles. The van der Waals surface area contributed by atoms with Gasteiger partial charge in [-0.2, -0.15) is 0 Å². The van der Waals surface area contributed by atoms with E-state index in [-0.39, 0.29) is 5.69 Å². The van der Waals surface area contributed by atoms with E-state index in [1.54, 1.807) is 18.2 Å². The van der Waals surface area contributed by atoms with E-state index in [1.807, 2.05) is 24.3 Å². The molecule has 8 heteroatoms. The molecule has 0 aliphatic carbocycles. The second-order valence-corrected chi connectivity index (χ2v) is 7.52.